The Morgan fingerprint density at radius 2 is 2.05 bits per heavy atom. The average Bonchev–Trinajstić information content (AvgIpc) is 2.36. The zero-order valence-corrected chi connectivity index (χ0v) is 12.3. The predicted molar refractivity (Wildman–Crippen MR) is 75.9 cm³/mol. The van der Waals surface area contributed by atoms with E-state index in [4.69, 9.17) is 4.74 Å². The summed E-state index contributed by atoms with van der Waals surface area (Å²) in [7, 11) is 1.47. The van der Waals surface area contributed by atoms with Gasteiger partial charge in [0, 0.05) is 13.1 Å². The van der Waals surface area contributed by atoms with E-state index in [9.17, 15) is 4.79 Å². The molecule has 1 atom stereocenters. The molecule has 0 fully saturated rings. The van der Waals surface area contributed by atoms with Crippen LogP contribution < -0.4 is 0 Å². The van der Waals surface area contributed by atoms with Crippen molar-refractivity contribution in [3.63, 3.8) is 0 Å². The third kappa shape index (κ3) is 3.16. The highest BCUT2D eigenvalue weighted by Gasteiger charge is 2.35. The number of benzene rings is 1. The molecule has 1 aromatic rings. The van der Waals surface area contributed by atoms with Crippen LogP contribution in [0.15, 0.2) is 24.3 Å². The summed E-state index contributed by atoms with van der Waals surface area (Å²) in [4.78, 5) is 14.4. The Labute approximate surface area is 115 Å². The highest BCUT2D eigenvalue weighted by molar-refractivity contribution is 5.78. The number of esters is 1. The number of hydrogen-bond acceptors (Lipinski definition) is 3. The maximum absolute atomic E-state index is 12.2. The molecule has 0 spiro atoms. The molecule has 2 rings (SSSR count). The topological polar surface area (TPSA) is 29.5 Å². The summed E-state index contributed by atoms with van der Waals surface area (Å²) in [6, 6.07) is 7.93. The summed E-state index contributed by atoms with van der Waals surface area (Å²) in [5.74, 6) is -0.156. The van der Waals surface area contributed by atoms with Gasteiger partial charge in [-0.25, -0.2) is 4.79 Å². The van der Waals surface area contributed by atoms with E-state index in [0.29, 0.717) is 0 Å². The highest BCUT2D eigenvalue weighted by Crippen LogP contribution is 2.32. The van der Waals surface area contributed by atoms with E-state index < -0.39 is 0 Å². The first-order valence-corrected chi connectivity index (χ1v) is 6.82. The molecule has 1 unspecified atom stereocenters. The molecule has 0 saturated carbocycles. The van der Waals surface area contributed by atoms with Crippen LogP contribution in [0, 0.1) is 5.41 Å². The predicted octanol–water partition coefficient (Wildman–Crippen LogP) is 2.80. The molecule has 0 N–H and O–H groups in total. The minimum Gasteiger partial charge on any atom is -0.468 e. The normalized spacial score (nSPS) is 19.9. The maximum Gasteiger partial charge on any atom is 0.327 e. The van der Waals surface area contributed by atoms with Crippen molar-refractivity contribution in [3.8, 4) is 0 Å². The Kier molecular flexibility index (Phi) is 3.95. The quantitative estimate of drug-likeness (QED) is 0.767. The van der Waals surface area contributed by atoms with E-state index in [1.165, 1.54) is 12.7 Å². The van der Waals surface area contributed by atoms with Gasteiger partial charge in [-0.3, -0.25) is 4.90 Å². The number of hydrogen-bond donors (Lipinski definition) is 0. The van der Waals surface area contributed by atoms with Gasteiger partial charge in [0.15, 0.2) is 0 Å². The molecule has 3 heteroatoms. The van der Waals surface area contributed by atoms with Crippen LogP contribution in [0.1, 0.15) is 37.9 Å². The lowest BCUT2D eigenvalue weighted by Gasteiger charge is -2.39. The minimum atomic E-state index is -0.255. The van der Waals surface area contributed by atoms with Gasteiger partial charge in [0.1, 0.15) is 6.04 Å². The van der Waals surface area contributed by atoms with Gasteiger partial charge < -0.3 is 4.74 Å². The van der Waals surface area contributed by atoms with Crippen LogP contribution in [0.4, 0.5) is 0 Å². The Bertz CT molecular complexity index is 462. The van der Waals surface area contributed by atoms with E-state index in [1.807, 2.05) is 18.2 Å². The van der Waals surface area contributed by atoms with Gasteiger partial charge in [0.25, 0.3) is 0 Å². The van der Waals surface area contributed by atoms with Crippen molar-refractivity contribution in [3.05, 3.63) is 35.4 Å². The van der Waals surface area contributed by atoms with E-state index in [-0.39, 0.29) is 17.4 Å². The molecular weight excluding hydrogens is 238 g/mol. The zero-order chi connectivity index (χ0) is 14.0. The van der Waals surface area contributed by atoms with Gasteiger partial charge >= 0.3 is 5.97 Å². The monoisotopic (exact) mass is 261 g/mol. The lowest BCUT2D eigenvalue weighted by molar-refractivity contribution is -0.148. The Morgan fingerprint density at radius 3 is 2.68 bits per heavy atom. The molecule has 0 aromatic heterocycles. The summed E-state index contributed by atoms with van der Waals surface area (Å²) in [6.45, 7) is 8.39. The molecule has 1 heterocycles. The number of methoxy groups -OCH3 is 1. The minimum absolute atomic E-state index is 0.156. The molecule has 1 aromatic carbocycles. The lowest BCUT2D eigenvalue weighted by Crippen LogP contribution is -2.44. The molecule has 0 saturated heterocycles. The zero-order valence-electron chi connectivity index (χ0n) is 12.3. The molecule has 19 heavy (non-hydrogen) atoms. The van der Waals surface area contributed by atoms with Gasteiger partial charge in [-0.05, 0) is 23.0 Å². The van der Waals surface area contributed by atoms with E-state index in [1.54, 1.807) is 0 Å². The molecule has 1 aliphatic rings. The number of nitrogens with zero attached hydrogens (tertiary/aromatic N) is 1. The van der Waals surface area contributed by atoms with Crippen molar-refractivity contribution in [2.75, 3.05) is 20.2 Å². The average molecular weight is 261 g/mol. The van der Waals surface area contributed by atoms with Gasteiger partial charge in [-0.2, -0.15) is 0 Å². The molecule has 104 valence electrons. The smallest absolute Gasteiger partial charge is 0.327 e. The van der Waals surface area contributed by atoms with Crippen molar-refractivity contribution in [2.45, 2.75) is 33.2 Å². The van der Waals surface area contributed by atoms with Crippen LogP contribution in [-0.4, -0.2) is 31.1 Å². The summed E-state index contributed by atoms with van der Waals surface area (Å²) in [6.07, 6.45) is 1.000. The van der Waals surface area contributed by atoms with Crippen LogP contribution in [0.25, 0.3) is 0 Å². The second kappa shape index (κ2) is 5.33. The molecular formula is C16H23NO2. The first kappa shape index (κ1) is 14.1. The third-order valence-electron chi connectivity index (χ3n) is 3.49. The van der Waals surface area contributed by atoms with Crippen LogP contribution in [-0.2, 0) is 16.0 Å². The summed E-state index contributed by atoms with van der Waals surface area (Å²) >= 11 is 0. The van der Waals surface area contributed by atoms with Crippen LogP contribution in [0.5, 0.6) is 0 Å². The molecule has 0 radical (unpaired) electrons. The van der Waals surface area contributed by atoms with Crippen molar-refractivity contribution in [1.82, 2.24) is 4.90 Å². The third-order valence-corrected chi connectivity index (χ3v) is 3.49. The van der Waals surface area contributed by atoms with Crippen LogP contribution in [0.3, 0.4) is 0 Å². The number of ether oxygens (including phenoxy) is 1. The first-order valence-electron chi connectivity index (χ1n) is 6.82. The molecule has 3 nitrogen and oxygen atoms in total. The second-order valence-electron chi connectivity index (χ2n) is 6.41. The van der Waals surface area contributed by atoms with Crippen molar-refractivity contribution >= 4 is 5.97 Å². The molecule has 0 bridgehead atoms. The standard InChI is InChI=1S/C16H23NO2/c1-16(2,3)11-17-10-9-12-7-5-6-8-13(12)14(17)15(18)19-4/h5-8,14H,9-11H2,1-4H3. The van der Waals surface area contributed by atoms with Crippen molar-refractivity contribution < 1.29 is 9.53 Å². The van der Waals surface area contributed by atoms with Gasteiger partial charge in [0.2, 0.25) is 0 Å². The Balaban J connectivity index is 2.34. The first-order chi connectivity index (χ1) is 8.92. The number of carbonyl (C=O) groups is 1. The molecule has 0 amide bonds. The fraction of sp³-hybridized carbons (Fsp3) is 0.562. The summed E-state index contributed by atoms with van der Waals surface area (Å²) in [5, 5.41) is 0. The van der Waals surface area contributed by atoms with Crippen LogP contribution in [0.2, 0.25) is 0 Å². The largest absolute Gasteiger partial charge is 0.468 e. The second-order valence-corrected chi connectivity index (χ2v) is 6.41. The van der Waals surface area contributed by atoms with Crippen LogP contribution >= 0.6 is 0 Å². The van der Waals surface area contributed by atoms with E-state index in [2.05, 4.69) is 31.7 Å². The lowest BCUT2D eigenvalue weighted by atomic mass is 9.89. The number of fused-ring (bicyclic) bond motifs is 1. The fourth-order valence-electron chi connectivity index (χ4n) is 2.79. The Hall–Kier alpha value is -1.35. The SMILES string of the molecule is COC(=O)C1c2ccccc2CCN1CC(C)(C)C. The van der Waals surface area contributed by atoms with Gasteiger partial charge in [-0.15, -0.1) is 0 Å². The highest BCUT2D eigenvalue weighted by atomic mass is 16.5. The molecule has 0 aliphatic carbocycles. The van der Waals surface area contributed by atoms with Crippen molar-refractivity contribution in [1.29, 1.82) is 0 Å². The summed E-state index contributed by atoms with van der Waals surface area (Å²) in [5.41, 5.74) is 2.53. The van der Waals surface area contributed by atoms with E-state index in [0.717, 1.165) is 25.1 Å². The van der Waals surface area contributed by atoms with Gasteiger partial charge in [-0.1, -0.05) is 45.0 Å². The fourth-order valence-corrected chi connectivity index (χ4v) is 2.79. The van der Waals surface area contributed by atoms with E-state index >= 15 is 0 Å². The number of carbonyl (C=O) groups excluding carboxylic acids is 1. The van der Waals surface area contributed by atoms with Crippen molar-refractivity contribution in [2.24, 2.45) is 5.41 Å². The maximum atomic E-state index is 12.2. The molecule has 1 aliphatic heterocycles. The Morgan fingerprint density at radius 1 is 1.37 bits per heavy atom. The summed E-state index contributed by atoms with van der Waals surface area (Å²) < 4.78 is 5.01. The number of rotatable bonds is 2. The van der Waals surface area contributed by atoms with Gasteiger partial charge in [0.05, 0.1) is 7.11 Å².